The molecule has 0 bridgehead atoms. The summed E-state index contributed by atoms with van der Waals surface area (Å²) in [4.78, 5) is 28.6. The zero-order chi connectivity index (χ0) is 19.9. The van der Waals surface area contributed by atoms with E-state index in [0.717, 1.165) is 47.7 Å². The normalized spacial score (nSPS) is 13.6. The van der Waals surface area contributed by atoms with Gasteiger partial charge < -0.3 is 14.6 Å². The summed E-state index contributed by atoms with van der Waals surface area (Å²) < 4.78 is 1.96. The molecule has 7 heteroatoms. The van der Waals surface area contributed by atoms with E-state index in [9.17, 15) is 4.79 Å². The van der Waals surface area contributed by atoms with Crippen LogP contribution < -0.4 is 10.2 Å². The van der Waals surface area contributed by atoms with E-state index in [4.69, 9.17) is 9.97 Å². The van der Waals surface area contributed by atoms with Crippen molar-refractivity contribution in [3.05, 3.63) is 41.9 Å². The van der Waals surface area contributed by atoms with Crippen LogP contribution in [0.1, 0.15) is 38.4 Å². The molecular weight excluding hydrogens is 352 g/mol. The lowest BCUT2D eigenvalue weighted by Gasteiger charge is -2.25. The average molecular weight is 378 g/mol. The van der Waals surface area contributed by atoms with Gasteiger partial charge in [-0.25, -0.2) is 15.0 Å². The van der Waals surface area contributed by atoms with Gasteiger partial charge in [-0.05, 0) is 52.2 Å². The first-order chi connectivity index (χ1) is 13.3. The number of hydrogen-bond acceptors (Lipinski definition) is 5. The van der Waals surface area contributed by atoms with Gasteiger partial charge in [-0.2, -0.15) is 0 Å². The van der Waals surface area contributed by atoms with Gasteiger partial charge in [-0.15, -0.1) is 0 Å². The molecule has 0 radical (unpaired) electrons. The second-order valence-electron chi connectivity index (χ2n) is 8.40. The molecule has 3 aromatic heterocycles. The van der Waals surface area contributed by atoms with Crippen LogP contribution in [0.3, 0.4) is 0 Å². The number of aryl methyl sites for hydroxylation is 1. The zero-order valence-corrected chi connectivity index (χ0v) is 16.9. The van der Waals surface area contributed by atoms with Crippen LogP contribution in [0.25, 0.3) is 17.2 Å². The molecule has 0 fully saturated rings. The summed E-state index contributed by atoms with van der Waals surface area (Å²) in [7, 11) is 1.91. The van der Waals surface area contributed by atoms with Gasteiger partial charge in [0.15, 0.2) is 5.82 Å². The topological polar surface area (TPSA) is 75.4 Å². The summed E-state index contributed by atoms with van der Waals surface area (Å²) in [6.45, 7) is 6.20. The second kappa shape index (κ2) is 6.89. The van der Waals surface area contributed by atoms with Crippen molar-refractivity contribution in [1.29, 1.82) is 0 Å². The molecule has 0 atom stereocenters. The lowest BCUT2D eigenvalue weighted by Crippen LogP contribution is -2.45. The molecule has 1 aliphatic carbocycles. The van der Waals surface area contributed by atoms with E-state index in [1.165, 1.54) is 0 Å². The van der Waals surface area contributed by atoms with E-state index in [2.05, 4.69) is 10.3 Å². The first kappa shape index (κ1) is 18.4. The second-order valence-corrected chi connectivity index (χ2v) is 8.40. The largest absolute Gasteiger partial charge is 0.350 e. The molecule has 3 aromatic rings. The number of nitrogens with zero attached hydrogens (tertiary/aromatic N) is 5. The number of rotatable bonds is 4. The number of likely N-dealkylation sites (N-methyl/N-ethyl adjacent to an activating group) is 1. The fourth-order valence-electron chi connectivity index (χ4n) is 3.63. The summed E-state index contributed by atoms with van der Waals surface area (Å²) in [5.41, 5.74) is 3.57. The number of anilines is 1. The first-order valence-electron chi connectivity index (χ1n) is 9.66. The van der Waals surface area contributed by atoms with E-state index >= 15 is 0 Å². The van der Waals surface area contributed by atoms with Crippen molar-refractivity contribution < 1.29 is 4.79 Å². The molecular formula is C21H26N6O. The van der Waals surface area contributed by atoms with Gasteiger partial charge in [0.2, 0.25) is 5.91 Å². The molecule has 3 heterocycles. The molecule has 28 heavy (non-hydrogen) atoms. The number of nitrogens with one attached hydrogen (secondary N) is 1. The van der Waals surface area contributed by atoms with Gasteiger partial charge in [-0.3, -0.25) is 4.79 Å². The highest BCUT2D eigenvalue weighted by atomic mass is 16.2. The number of carbonyl (C=O) groups excluding carboxylic acids is 1. The van der Waals surface area contributed by atoms with Crippen molar-refractivity contribution in [2.45, 2.75) is 45.6 Å². The van der Waals surface area contributed by atoms with Gasteiger partial charge in [0.1, 0.15) is 17.2 Å². The minimum absolute atomic E-state index is 0.0189. The Morgan fingerprint density at radius 2 is 2.04 bits per heavy atom. The number of pyridine rings is 1. The quantitative estimate of drug-likeness (QED) is 0.755. The van der Waals surface area contributed by atoms with Gasteiger partial charge in [0.05, 0.1) is 6.54 Å². The summed E-state index contributed by atoms with van der Waals surface area (Å²) in [5, 5.41) is 3.01. The summed E-state index contributed by atoms with van der Waals surface area (Å²) in [5.74, 6) is 1.43. The van der Waals surface area contributed by atoms with E-state index in [1.54, 1.807) is 0 Å². The lowest BCUT2D eigenvalue weighted by atomic mass is 10.1. The fraction of sp³-hybridized carbons (Fsp3) is 0.429. The standard InChI is InChI=1S/C21H26N6O/c1-21(2,3)25-18(28)13-26(4)20-14-8-7-9-15(14)23-19(24-20)16-12-27-11-6-5-10-17(27)22-16/h5-6,10-12H,7-9,13H2,1-4H3,(H,25,28). The van der Waals surface area contributed by atoms with E-state index in [-0.39, 0.29) is 18.0 Å². The summed E-state index contributed by atoms with van der Waals surface area (Å²) in [6, 6.07) is 5.89. The minimum atomic E-state index is -0.257. The van der Waals surface area contributed by atoms with Crippen LogP contribution >= 0.6 is 0 Å². The van der Waals surface area contributed by atoms with Crippen molar-refractivity contribution in [2.75, 3.05) is 18.5 Å². The number of hydrogen-bond donors (Lipinski definition) is 1. The monoisotopic (exact) mass is 378 g/mol. The summed E-state index contributed by atoms with van der Waals surface area (Å²) in [6.07, 6.45) is 6.85. The van der Waals surface area contributed by atoms with Crippen molar-refractivity contribution in [3.8, 4) is 11.5 Å². The number of amides is 1. The van der Waals surface area contributed by atoms with E-state index in [0.29, 0.717) is 5.82 Å². The predicted molar refractivity (Wildman–Crippen MR) is 109 cm³/mol. The third kappa shape index (κ3) is 3.69. The zero-order valence-electron chi connectivity index (χ0n) is 16.9. The van der Waals surface area contributed by atoms with Gasteiger partial charge >= 0.3 is 0 Å². The molecule has 1 aliphatic rings. The fourth-order valence-corrected chi connectivity index (χ4v) is 3.63. The smallest absolute Gasteiger partial charge is 0.239 e. The van der Waals surface area contributed by atoms with E-state index < -0.39 is 0 Å². The minimum Gasteiger partial charge on any atom is -0.350 e. The predicted octanol–water partition coefficient (Wildman–Crippen LogP) is 2.63. The van der Waals surface area contributed by atoms with Crippen molar-refractivity contribution >= 4 is 17.4 Å². The Balaban J connectivity index is 1.68. The van der Waals surface area contributed by atoms with Crippen molar-refractivity contribution in [1.82, 2.24) is 24.7 Å². The Hall–Kier alpha value is -2.96. The Labute approximate surface area is 164 Å². The van der Waals surface area contributed by atoms with Crippen LogP contribution in [0.15, 0.2) is 30.6 Å². The van der Waals surface area contributed by atoms with Crippen LogP contribution in [0.4, 0.5) is 5.82 Å². The van der Waals surface area contributed by atoms with Gasteiger partial charge in [-0.1, -0.05) is 6.07 Å². The summed E-state index contributed by atoms with van der Waals surface area (Å²) >= 11 is 0. The first-order valence-corrected chi connectivity index (χ1v) is 9.66. The highest BCUT2D eigenvalue weighted by Gasteiger charge is 2.24. The molecule has 0 saturated heterocycles. The molecule has 0 aliphatic heterocycles. The number of imidazole rings is 1. The maximum absolute atomic E-state index is 12.4. The van der Waals surface area contributed by atoms with Crippen LogP contribution in [0.5, 0.6) is 0 Å². The molecule has 0 aromatic carbocycles. The molecule has 7 nitrogen and oxygen atoms in total. The molecule has 0 unspecified atom stereocenters. The third-order valence-corrected chi connectivity index (χ3v) is 4.76. The molecule has 0 spiro atoms. The maximum atomic E-state index is 12.4. The maximum Gasteiger partial charge on any atom is 0.239 e. The third-order valence-electron chi connectivity index (χ3n) is 4.76. The van der Waals surface area contributed by atoms with Crippen LogP contribution in [0, 0.1) is 0 Å². The SMILES string of the molecule is CN(CC(=O)NC(C)(C)C)c1nc(-c2cn3ccccc3n2)nc2c1CCC2. The Morgan fingerprint density at radius 3 is 2.79 bits per heavy atom. The number of carbonyl (C=O) groups is 1. The van der Waals surface area contributed by atoms with Crippen LogP contribution in [0.2, 0.25) is 0 Å². The molecule has 0 saturated carbocycles. The number of fused-ring (bicyclic) bond motifs is 2. The van der Waals surface area contributed by atoms with Gasteiger partial charge in [0, 0.05) is 36.2 Å². The van der Waals surface area contributed by atoms with Crippen molar-refractivity contribution in [2.24, 2.45) is 0 Å². The highest BCUT2D eigenvalue weighted by Crippen LogP contribution is 2.30. The Morgan fingerprint density at radius 1 is 1.21 bits per heavy atom. The molecule has 146 valence electrons. The number of aromatic nitrogens is 4. The van der Waals surface area contributed by atoms with E-state index in [1.807, 2.05) is 67.7 Å². The van der Waals surface area contributed by atoms with Crippen LogP contribution in [-0.4, -0.2) is 44.4 Å². The Bertz CT molecular complexity index is 1000. The van der Waals surface area contributed by atoms with Gasteiger partial charge in [0.25, 0.3) is 0 Å². The average Bonchev–Trinajstić information content (AvgIpc) is 3.25. The van der Waals surface area contributed by atoms with Crippen molar-refractivity contribution in [3.63, 3.8) is 0 Å². The lowest BCUT2D eigenvalue weighted by molar-refractivity contribution is -0.121. The Kier molecular flexibility index (Phi) is 4.53. The van der Waals surface area contributed by atoms with Crippen LogP contribution in [-0.2, 0) is 17.6 Å². The molecule has 4 rings (SSSR count). The molecule has 1 amide bonds. The highest BCUT2D eigenvalue weighted by molar-refractivity contribution is 5.82. The molecule has 1 N–H and O–H groups in total.